The molecule has 0 unspecified atom stereocenters. The lowest BCUT2D eigenvalue weighted by Crippen LogP contribution is -2.02. The Kier molecular flexibility index (Phi) is 4.57. The van der Waals surface area contributed by atoms with Crippen LogP contribution in [-0.4, -0.2) is 9.97 Å². The SMILES string of the molecule is Cc1cc(Nc2ccccc2C)nc(Nc2ccc(Br)cc2)n1. The van der Waals surface area contributed by atoms with Gasteiger partial charge < -0.3 is 10.6 Å². The van der Waals surface area contributed by atoms with E-state index in [1.807, 2.05) is 55.5 Å². The number of anilines is 4. The largest absolute Gasteiger partial charge is 0.340 e. The van der Waals surface area contributed by atoms with Gasteiger partial charge in [0.1, 0.15) is 5.82 Å². The van der Waals surface area contributed by atoms with Crippen molar-refractivity contribution in [2.24, 2.45) is 0 Å². The summed E-state index contributed by atoms with van der Waals surface area (Å²) < 4.78 is 1.04. The van der Waals surface area contributed by atoms with E-state index in [0.29, 0.717) is 5.95 Å². The van der Waals surface area contributed by atoms with E-state index in [2.05, 4.69) is 49.5 Å². The molecule has 0 radical (unpaired) electrons. The second-order valence-corrected chi connectivity index (χ2v) is 6.21. The normalized spacial score (nSPS) is 10.4. The van der Waals surface area contributed by atoms with Gasteiger partial charge in [0.2, 0.25) is 5.95 Å². The summed E-state index contributed by atoms with van der Waals surface area (Å²) in [7, 11) is 0. The first kappa shape index (κ1) is 15.5. The van der Waals surface area contributed by atoms with E-state index < -0.39 is 0 Å². The van der Waals surface area contributed by atoms with Crippen LogP contribution in [0.3, 0.4) is 0 Å². The number of nitrogens with one attached hydrogen (secondary N) is 2. The number of aryl methyl sites for hydroxylation is 2. The molecule has 3 aromatic rings. The first-order valence-corrected chi connectivity index (χ1v) is 8.10. The topological polar surface area (TPSA) is 49.8 Å². The minimum absolute atomic E-state index is 0.573. The molecule has 0 atom stereocenters. The molecule has 5 heteroatoms. The minimum Gasteiger partial charge on any atom is -0.340 e. The highest BCUT2D eigenvalue weighted by atomic mass is 79.9. The summed E-state index contributed by atoms with van der Waals surface area (Å²) in [6, 6.07) is 18.0. The molecule has 0 fully saturated rings. The van der Waals surface area contributed by atoms with Crippen LogP contribution in [0.1, 0.15) is 11.3 Å². The Morgan fingerprint density at radius 1 is 0.870 bits per heavy atom. The second kappa shape index (κ2) is 6.79. The Morgan fingerprint density at radius 2 is 1.61 bits per heavy atom. The minimum atomic E-state index is 0.573. The van der Waals surface area contributed by atoms with Crippen LogP contribution in [0.4, 0.5) is 23.1 Å². The van der Waals surface area contributed by atoms with Crippen molar-refractivity contribution in [1.29, 1.82) is 0 Å². The van der Waals surface area contributed by atoms with Crippen LogP contribution in [0.15, 0.2) is 59.1 Å². The lowest BCUT2D eigenvalue weighted by Gasteiger charge is -2.11. The maximum absolute atomic E-state index is 4.54. The predicted molar refractivity (Wildman–Crippen MR) is 98.7 cm³/mol. The fourth-order valence-electron chi connectivity index (χ4n) is 2.20. The molecule has 0 aliphatic carbocycles. The molecule has 4 nitrogen and oxygen atoms in total. The highest BCUT2D eigenvalue weighted by Gasteiger charge is 2.05. The Balaban J connectivity index is 1.84. The Labute approximate surface area is 144 Å². The number of rotatable bonds is 4. The molecule has 23 heavy (non-hydrogen) atoms. The molecule has 0 saturated heterocycles. The van der Waals surface area contributed by atoms with Crippen molar-refractivity contribution in [2.75, 3.05) is 10.6 Å². The zero-order valence-electron chi connectivity index (χ0n) is 13.0. The van der Waals surface area contributed by atoms with Gasteiger partial charge in [-0.3, -0.25) is 0 Å². The third-order valence-corrected chi connectivity index (χ3v) is 3.89. The van der Waals surface area contributed by atoms with Crippen LogP contribution in [0.2, 0.25) is 0 Å². The van der Waals surface area contributed by atoms with Crippen molar-refractivity contribution in [3.63, 3.8) is 0 Å². The maximum Gasteiger partial charge on any atom is 0.229 e. The van der Waals surface area contributed by atoms with Crippen molar-refractivity contribution in [1.82, 2.24) is 9.97 Å². The molecule has 3 rings (SSSR count). The Morgan fingerprint density at radius 3 is 2.35 bits per heavy atom. The molecule has 1 aromatic heterocycles. The van der Waals surface area contributed by atoms with E-state index in [-0.39, 0.29) is 0 Å². The lowest BCUT2D eigenvalue weighted by molar-refractivity contribution is 1.11. The van der Waals surface area contributed by atoms with Gasteiger partial charge in [0.25, 0.3) is 0 Å². The standard InChI is InChI=1S/C18H17BrN4/c1-12-5-3-4-6-16(12)22-17-11-13(2)20-18(23-17)21-15-9-7-14(19)8-10-15/h3-11H,1-2H3,(H2,20,21,22,23). The van der Waals surface area contributed by atoms with E-state index >= 15 is 0 Å². The molecule has 0 saturated carbocycles. The average Bonchev–Trinajstić information content (AvgIpc) is 2.51. The zero-order valence-corrected chi connectivity index (χ0v) is 14.6. The fraction of sp³-hybridized carbons (Fsp3) is 0.111. The highest BCUT2D eigenvalue weighted by Crippen LogP contribution is 2.22. The third-order valence-electron chi connectivity index (χ3n) is 3.36. The van der Waals surface area contributed by atoms with Gasteiger partial charge in [0.05, 0.1) is 0 Å². The lowest BCUT2D eigenvalue weighted by atomic mass is 10.2. The number of para-hydroxylation sites is 1. The van der Waals surface area contributed by atoms with Crippen molar-refractivity contribution in [2.45, 2.75) is 13.8 Å². The van der Waals surface area contributed by atoms with E-state index in [1.165, 1.54) is 5.56 Å². The molecular formula is C18H17BrN4. The van der Waals surface area contributed by atoms with Gasteiger partial charge in [0, 0.05) is 27.6 Å². The summed E-state index contributed by atoms with van der Waals surface area (Å²) in [4.78, 5) is 8.98. The van der Waals surface area contributed by atoms with Gasteiger partial charge >= 0.3 is 0 Å². The smallest absolute Gasteiger partial charge is 0.229 e. The predicted octanol–water partition coefficient (Wildman–Crippen LogP) is 5.34. The number of nitrogens with zero attached hydrogens (tertiary/aromatic N) is 2. The van der Waals surface area contributed by atoms with Crippen molar-refractivity contribution in [3.05, 3.63) is 70.3 Å². The Bertz CT molecular complexity index is 816. The summed E-state index contributed by atoms with van der Waals surface area (Å²) in [6.45, 7) is 4.02. The number of halogens is 1. The van der Waals surface area contributed by atoms with E-state index in [1.54, 1.807) is 0 Å². The van der Waals surface area contributed by atoms with Gasteiger partial charge in [-0.05, 0) is 49.7 Å². The van der Waals surface area contributed by atoms with Crippen molar-refractivity contribution >= 4 is 39.1 Å². The van der Waals surface area contributed by atoms with Gasteiger partial charge in [-0.25, -0.2) is 4.98 Å². The van der Waals surface area contributed by atoms with Gasteiger partial charge in [-0.1, -0.05) is 34.1 Å². The monoisotopic (exact) mass is 368 g/mol. The first-order chi connectivity index (χ1) is 11.1. The fourth-order valence-corrected chi connectivity index (χ4v) is 2.47. The molecule has 0 spiro atoms. The quantitative estimate of drug-likeness (QED) is 0.652. The summed E-state index contributed by atoms with van der Waals surface area (Å²) in [5.74, 6) is 1.34. The van der Waals surface area contributed by atoms with Crippen molar-refractivity contribution in [3.8, 4) is 0 Å². The summed E-state index contributed by atoms with van der Waals surface area (Å²) in [5.41, 5.74) is 4.06. The van der Waals surface area contributed by atoms with Gasteiger partial charge in [-0.15, -0.1) is 0 Å². The van der Waals surface area contributed by atoms with Crippen LogP contribution < -0.4 is 10.6 Å². The highest BCUT2D eigenvalue weighted by molar-refractivity contribution is 9.10. The third kappa shape index (κ3) is 4.07. The van der Waals surface area contributed by atoms with Crippen LogP contribution in [0.25, 0.3) is 0 Å². The molecule has 0 aliphatic rings. The van der Waals surface area contributed by atoms with Crippen LogP contribution in [0.5, 0.6) is 0 Å². The maximum atomic E-state index is 4.54. The molecule has 0 amide bonds. The molecular weight excluding hydrogens is 352 g/mol. The van der Waals surface area contributed by atoms with E-state index in [0.717, 1.165) is 27.4 Å². The molecule has 2 aromatic carbocycles. The molecule has 116 valence electrons. The summed E-state index contributed by atoms with van der Waals surface area (Å²) in [6.07, 6.45) is 0. The zero-order chi connectivity index (χ0) is 16.2. The van der Waals surface area contributed by atoms with Crippen LogP contribution in [0, 0.1) is 13.8 Å². The second-order valence-electron chi connectivity index (χ2n) is 5.29. The summed E-state index contributed by atoms with van der Waals surface area (Å²) in [5, 5.41) is 6.58. The molecule has 2 N–H and O–H groups in total. The summed E-state index contributed by atoms with van der Waals surface area (Å²) >= 11 is 3.43. The van der Waals surface area contributed by atoms with Crippen LogP contribution >= 0.6 is 15.9 Å². The van der Waals surface area contributed by atoms with Crippen LogP contribution in [-0.2, 0) is 0 Å². The first-order valence-electron chi connectivity index (χ1n) is 7.31. The van der Waals surface area contributed by atoms with Gasteiger partial charge in [-0.2, -0.15) is 4.98 Å². The number of aromatic nitrogens is 2. The molecule has 1 heterocycles. The number of benzene rings is 2. The molecule has 0 bridgehead atoms. The van der Waals surface area contributed by atoms with E-state index in [9.17, 15) is 0 Å². The van der Waals surface area contributed by atoms with Crippen molar-refractivity contribution < 1.29 is 0 Å². The Hall–Kier alpha value is -2.40. The average molecular weight is 369 g/mol. The van der Waals surface area contributed by atoms with E-state index in [4.69, 9.17) is 0 Å². The van der Waals surface area contributed by atoms with Gasteiger partial charge in [0.15, 0.2) is 0 Å². The number of hydrogen-bond acceptors (Lipinski definition) is 4. The molecule has 0 aliphatic heterocycles. The number of hydrogen-bond donors (Lipinski definition) is 2.